The van der Waals surface area contributed by atoms with Gasteiger partial charge in [0.15, 0.2) is 0 Å². The summed E-state index contributed by atoms with van der Waals surface area (Å²) in [5.74, 6) is 0. The molecule has 0 fully saturated rings. The highest BCUT2D eigenvalue weighted by Crippen LogP contribution is 2.37. The largest absolute Gasteiger partial charge is 0.463 e. The van der Waals surface area contributed by atoms with E-state index in [1.807, 2.05) is 0 Å². The van der Waals surface area contributed by atoms with Crippen molar-refractivity contribution >= 4 is 17.4 Å². The summed E-state index contributed by atoms with van der Waals surface area (Å²) < 4.78 is 5.44. The van der Waals surface area contributed by atoms with E-state index < -0.39 is 0 Å². The molecule has 1 N–H and O–H groups in total. The Bertz CT molecular complexity index is 507. The average molecular weight is 257 g/mol. The van der Waals surface area contributed by atoms with Gasteiger partial charge in [0.2, 0.25) is 0 Å². The van der Waals surface area contributed by atoms with Crippen molar-refractivity contribution in [3.05, 3.63) is 23.3 Å². The summed E-state index contributed by atoms with van der Waals surface area (Å²) in [4.78, 5) is 6.86. The maximum absolute atomic E-state index is 5.44. The van der Waals surface area contributed by atoms with Crippen molar-refractivity contribution in [1.29, 1.82) is 0 Å². The number of ether oxygens (including phenoxy) is 1. The second-order valence-corrected chi connectivity index (χ2v) is 5.50. The van der Waals surface area contributed by atoms with Crippen LogP contribution in [-0.2, 0) is 17.6 Å². The Morgan fingerprint density at radius 3 is 2.47 bits per heavy atom. The van der Waals surface area contributed by atoms with Crippen LogP contribution in [0, 0.1) is 0 Å². The fraction of sp³-hybridized carbons (Fsp3) is 0.533. The van der Waals surface area contributed by atoms with Crippen LogP contribution in [0.4, 0.5) is 11.4 Å². The van der Waals surface area contributed by atoms with Crippen LogP contribution in [0.15, 0.2) is 17.1 Å². The maximum atomic E-state index is 5.44. The molecule has 0 spiro atoms. The van der Waals surface area contributed by atoms with E-state index >= 15 is 0 Å². The van der Waals surface area contributed by atoms with E-state index in [1.165, 1.54) is 55.6 Å². The van der Waals surface area contributed by atoms with Crippen molar-refractivity contribution in [2.24, 2.45) is 4.99 Å². The molecule has 4 nitrogen and oxygen atoms in total. The van der Waals surface area contributed by atoms with Gasteiger partial charge in [0.1, 0.15) is 6.61 Å². The van der Waals surface area contributed by atoms with E-state index in [2.05, 4.69) is 27.3 Å². The number of aliphatic imine (C=N–C) groups is 1. The highest BCUT2D eigenvalue weighted by atomic mass is 16.5. The minimum absolute atomic E-state index is 0.677. The first-order valence-electron chi connectivity index (χ1n) is 7.25. The molecule has 19 heavy (non-hydrogen) atoms. The third kappa shape index (κ3) is 1.95. The van der Waals surface area contributed by atoms with Gasteiger partial charge >= 0.3 is 0 Å². The molecule has 0 bridgehead atoms. The molecule has 0 aromatic heterocycles. The molecule has 0 aliphatic carbocycles. The van der Waals surface area contributed by atoms with Crippen LogP contribution in [0.25, 0.3) is 0 Å². The number of benzene rings is 1. The van der Waals surface area contributed by atoms with Gasteiger partial charge in [-0.3, -0.25) is 0 Å². The van der Waals surface area contributed by atoms with Crippen molar-refractivity contribution in [3.63, 3.8) is 0 Å². The molecule has 100 valence electrons. The lowest BCUT2D eigenvalue weighted by Crippen LogP contribution is -2.34. The fourth-order valence-corrected chi connectivity index (χ4v) is 3.41. The topological polar surface area (TPSA) is 36.9 Å². The number of anilines is 2. The Hall–Kier alpha value is -1.71. The van der Waals surface area contributed by atoms with Gasteiger partial charge in [-0.15, -0.1) is 0 Å². The Balaban J connectivity index is 1.70. The average Bonchev–Trinajstić information content (AvgIpc) is 2.92. The van der Waals surface area contributed by atoms with Crippen LogP contribution < -0.4 is 10.2 Å². The van der Waals surface area contributed by atoms with Gasteiger partial charge < -0.3 is 15.0 Å². The lowest BCUT2D eigenvalue weighted by atomic mass is 9.91. The van der Waals surface area contributed by atoms with Crippen LogP contribution in [-0.4, -0.2) is 32.3 Å². The molecule has 0 amide bonds. The molecule has 3 heterocycles. The normalized spacial score (nSPS) is 20.6. The molecule has 0 radical (unpaired) electrons. The third-order valence-electron chi connectivity index (χ3n) is 4.17. The zero-order valence-corrected chi connectivity index (χ0v) is 11.1. The number of hydrogen-bond acceptors (Lipinski definition) is 4. The van der Waals surface area contributed by atoms with Gasteiger partial charge in [-0.05, 0) is 48.9 Å². The molecular weight excluding hydrogens is 238 g/mol. The molecule has 4 rings (SSSR count). The molecule has 0 atom stereocenters. The highest BCUT2D eigenvalue weighted by molar-refractivity contribution is 5.90. The monoisotopic (exact) mass is 257 g/mol. The number of nitrogens with zero attached hydrogens (tertiary/aromatic N) is 2. The van der Waals surface area contributed by atoms with Crippen molar-refractivity contribution in [2.45, 2.75) is 25.7 Å². The molecule has 0 saturated carbocycles. The number of hydrogen-bond donors (Lipinski definition) is 1. The summed E-state index contributed by atoms with van der Waals surface area (Å²) in [6.07, 6.45) is 4.93. The van der Waals surface area contributed by atoms with E-state index in [1.54, 1.807) is 0 Å². The van der Waals surface area contributed by atoms with E-state index in [0.29, 0.717) is 12.6 Å². The summed E-state index contributed by atoms with van der Waals surface area (Å²) in [7, 11) is 0. The number of aryl methyl sites for hydroxylation is 2. The Morgan fingerprint density at radius 2 is 1.84 bits per heavy atom. The lowest BCUT2D eigenvalue weighted by Gasteiger charge is -2.37. The zero-order chi connectivity index (χ0) is 12.7. The molecule has 0 saturated heterocycles. The van der Waals surface area contributed by atoms with Crippen molar-refractivity contribution in [1.82, 2.24) is 0 Å². The zero-order valence-electron chi connectivity index (χ0n) is 11.1. The summed E-state index contributed by atoms with van der Waals surface area (Å²) >= 11 is 0. The van der Waals surface area contributed by atoms with Gasteiger partial charge in [-0.2, -0.15) is 0 Å². The van der Waals surface area contributed by atoms with Gasteiger partial charge in [0.25, 0.3) is 6.02 Å². The van der Waals surface area contributed by atoms with E-state index in [9.17, 15) is 0 Å². The number of nitrogens with one attached hydrogen (secondary N) is 1. The number of amidine groups is 1. The first kappa shape index (κ1) is 11.1. The SMILES string of the molecule is c1c(NC2=NCCO2)cc2c3c1CCCN3CCC2. The Kier molecular flexibility index (Phi) is 2.60. The molecule has 3 aliphatic rings. The van der Waals surface area contributed by atoms with E-state index in [4.69, 9.17) is 4.74 Å². The Labute approximate surface area is 113 Å². The van der Waals surface area contributed by atoms with Crippen LogP contribution in [0.1, 0.15) is 24.0 Å². The summed E-state index contributed by atoms with van der Waals surface area (Å²) in [6.45, 7) is 3.92. The molecular formula is C15H19N3O. The summed E-state index contributed by atoms with van der Waals surface area (Å²) in [5, 5.41) is 3.31. The fourth-order valence-electron chi connectivity index (χ4n) is 3.41. The van der Waals surface area contributed by atoms with Crippen LogP contribution in [0.5, 0.6) is 0 Å². The highest BCUT2D eigenvalue weighted by Gasteiger charge is 2.24. The predicted molar refractivity (Wildman–Crippen MR) is 77.2 cm³/mol. The van der Waals surface area contributed by atoms with E-state index in [0.717, 1.165) is 12.2 Å². The number of rotatable bonds is 1. The second-order valence-electron chi connectivity index (χ2n) is 5.50. The van der Waals surface area contributed by atoms with Gasteiger partial charge in [0.05, 0.1) is 6.54 Å². The second kappa shape index (κ2) is 4.44. The van der Waals surface area contributed by atoms with Crippen LogP contribution >= 0.6 is 0 Å². The Morgan fingerprint density at radius 1 is 1.11 bits per heavy atom. The lowest BCUT2D eigenvalue weighted by molar-refractivity contribution is 0.346. The maximum Gasteiger partial charge on any atom is 0.289 e. The van der Waals surface area contributed by atoms with Crippen molar-refractivity contribution < 1.29 is 4.74 Å². The van der Waals surface area contributed by atoms with Crippen LogP contribution in [0.2, 0.25) is 0 Å². The molecule has 4 heteroatoms. The molecule has 3 aliphatic heterocycles. The van der Waals surface area contributed by atoms with Gasteiger partial charge in [-0.25, -0.2) is 4.99 Å². The molecule has 0 unspecified atom stereocenters. The minimum Gasteiger partial charge on any atom is -0.463 e. The smallest absolute Gasteiger partial charge is 0.289 e. The summed E-state index contributed by atoms with van der Waals surface area (Å²) in [6, 6.07) is 5.23. The van der Waals surface area contributed by atoms with Crippen molar-refractivity contribution in [2.75, 3.05) is 36.5 Å². The summed E-state index contributed by atoms with van der Waals surface area (Å²) in [5.41, 5.74) is 5.63. The third-order valence-corrected chi connectivity index (χ3v) is 4.17. The standard InChI is InChI=1S/C15H19N3O/c1-3-11-9-13(17-15-16-5-8-19-15)10-12-4-2-7-18(6-1)14(11)12/h9-10H,1-8H2,(H,16,17). The van der Waals surface area contributed by atoms with Crippen LogP contribution in [0.3, 0.4) is 0 Å². The minimum atomic E-state index is 0.677. The molecule has 1 aromatic rings. The predicted octanol–water partition coefficient (Wildman–Crippen LogP) is 2.18. The van der Waals surface area contributed by atoms with Crippen molar-refractivity contribution in [3.8, 4) is 0 Å². The first-order chi connectivity index (χ1) is 9.40. The first-order valence-corrected chi connectivity index (χ1v) is 7.25. The van der Waals surface area contributed by atoms with Gasteiger partial charge in [0, 0.05) is 24.5 Å². The molecule has 1 aromatic carbocycles. The van der Waals surface area contributed by atoms with Gasteiger partial charge in [-0.1, -0.05) is 0 Å². The van der Waals surface area contributed by atoms with E-state index in [-0.39, 0.29) is 0 Å². The quantitative estimate of drug-likeness (QED) is 0.838.